The average Bonchev–Trinajstić information content (AvgIpc) is 2.85. The predicted molar refractivity (Wildman–Crippen MR) is 133 cm³/mol. The molecule has 4 N–H and O–H groups in total. The summed E-state index contributed by atoms with van der Waals surface area (Å²) in [5.41, 5.74) is 13.5. The van der Waals surface area contributed by atoms with E-state index in [4.69, 9.17) is 51.0 Å². The Kier molecular flexibility index (Phi) is 7.98. The van der Waals surface area contributed by atoms with Crippen LogP contribution in [0.3, 0.4) is 0 Å². The zero-order valence-electron chi connectivity index (χ0n) is 18.0. The smallest absolute Gasteiger partial charge is 0.224 e. The number of nitrogen functional groups attached to an aromatic ring is 2. The molecule has 4 aromatic rings. The number of aromatic nitrogens is 8. The van der Waals surface area contributed by atoms with E-state index in [9.17, 15) is 0 Å². The van der Waals surface area contributed by atoms with Crippen LogP contribution in [-0.2, 0) is 4.74 Å². The molecule has 15 heteroatoms. The summed E-state index contributed by atoms with van der Waals surface area (Å²) in [6, 6.07) is 3.44. The first kappa shape index (κ1) is 24.7. The van der Waals surface area contributed by atoms with Crippen molar-refractivity contribution in [1.29, 1.82) is 0 Å². The SMILES string of the molecule is Nc1ncc(-c2cc(Cl)nc(Cl)n2)cn1.Nc1ncc(-c2cc(N3CCOCC3)nc(Cl)n2)cn1. The van der Waals surface area contributed by atoms with Crippen molar-refractivity contribution < 1.29 is 4.74 Å². The van der Waals surface area contributed by atoms with E-state index in [1.807, 2.05) is 6.07 Å². The minimum Gasteiger partial charge on any atom is -0.378 e. The van der Waals surface area contributed by atoms with Gasteiger partial charge in [-0.15, -0.1) is 0 Å². The summed E-state index contributed by atoms with van der Waals surface area (Å²) in [7, 11) is 0. The van der Waals surface area contributed by atoms with E-state index in [1.54, 1.807) is 18.5 Å². The first-order chi connectivity index (χ1) is 16.9. The highest BCUT2D eigenvalue weighted by molar-refractivity contribution is 6.32. The third-order valence-electron chi connectivity index (χ3n) is 4.62. The van der Waals surface area contributed by atoms with Crippen LogP contribution in [0.5, 0.6) is 0 Å². The van der Waals surface area contributed by atoms with Crippen molar-refractivity contribution >= 4 is 52.5 Å². The van der Waals surface area contributed by atoms with E-state index in [-0.39, 0.29) is 27.6 Å². The number of ether oxygens (including phenoxy) is 1. The van der Waals surface area contributed by atoms with Crippen LogP contribution in [-0.4, -0.2) is 66.2 Å². The summed E-state index contributed by atoms with van der Waals surface area (Å²) < 4.78 is 5.33. The summed E-state index contributed by atoms with van der Waals surface area (Å²) in [6.07, 6.45) is 6.31. The summed E-state index contributed by atoms with van der Waals surface area (Å²) in [6.45, 7) is 2.93. The Hall–Kier alpha value is -3.45. The largest absolute Gasteiger partial charge is 0.378 e. The molecule has 5 rings (SSSR count). The van der Waals surface area contributed by atoms with E-state index in [0.29, 0.717) is 30.2 Å². The first-order valence-corrected chi connectivity index (χ1v) is 11.2. The number of halogens is 3. The van der Waals surface area contributed by atoms with E-state index >= 15 is 0 Å². The van der Waals surface area contributed by atoms with Crippen LogP contribution in [0, 0.1) is 0 Å². The maximum Gasteiger partial charge on any atom is 0.224 e. The first-order valence-electron chi connectivity index (χ1n) is 10.1. The Morgan fingerprint density at radius 1 is 0.686 bits per heavy atom. The summed E-state index contributed by atoms with van der Waals surface area (Å²) in [4.78, 5) is 33.9. The molecule has 1 aliphatic heterocycles. The summed E-state index contributed by atoms with van der Waals surface area (Å²) in [5, 5.41) is 0.539. The fourth-order valence-electron chi connectivity index (χ4n) is 2.99. The highest BCUT2D eigenvalue weighted by atomic mass is 35.5. The van der Waals surface area contributed by atoms with Gasteiger partial charge in [0.1, 0.15) is 11.0 Å². The third kappa shape index (κ3) is 6.79. The van der Waals surface area contributed by atoms with Crippen molar-refractivity contribution in [3.05, 3.63) is 52.6 Å². The maximum atomic E-state index is 6.00. The number of hydrogen-bond acceptors (Lipinski definition) is 12. The fourth-order valence-corrected chi connectivity index (χ4v) is 3.57. The van der Waals surface area contributed by atoms with Gasteiger partial charge in [0.05, 0.1) is 24.6 Å². The molecule has 5 heterocycles. The number of morpholine rings is 1. The molecule has 180 valence electrons. The standard InChI is InChI=1S/C12H13ClN6O.C8H5Cl2N5/c13-11-17-9(8-6-15-12(14)16-7-8)5-10(18-11)19-1-3-20-4-2-19;9-6-1-5(14-7(10)15-6)4-2-12-8(11)13-3-4/h5-7H,1-4H2,(H2,14,15,16);1-3H,(H2,11,12,13). The Bertz CT molecular complexity index is 1270. The van der Waals surface area contributed by atoms with Gasteiger partial charge in [0.15, 0.2) is 0 Å². The maximum absolute atomic E-state index is 6.00. The molecule has 0 amide bonds. The monoisotopic (exact) mass is 533 g/mol. The number of hydrogen-bond donors (Lipinski definition) is 2. The molecule has 0 spiro atoms. The molecule has 1 aliphatic rings. The molecule has 1 saturated heterocycles. The quantitative estimate of drug-likeness (QED) is 0.292. The molecule has 0 saturated carbocycles. The van der Waals surface area contributed by atoms with Crippen LogP contribution >= 0.6 is 34.8 Å². The van der Waals surface area contributed by atoms with Gasteiger partial charge in [0.2, 0.25) is 22.5 Å². The number of anilines is 3. The Morgan fingerprint density at radius 3 is 1.69 bits per heavy atom. The minimum absolute atomic E-state index is 0.0781. The van der Waals surface area contributed by atoms with E-state index in [0.717, 1.165) is 24.5 Å². The van der Waals surface area contributed by atoms with Gasteiger partial charge < -0.3 is 21.1 Å². The molecule has 0 unspecified atom stereocenters. The van der Waals surface area contributed by atoms with Crippen molar-refractivity contribution in [2.24, 2.45) is 0 Å². The van der Waals surface area contributed by atoms with E-state index < -0.39 is 0 Å². The molecular weight excluding hydrogens is 517 g/mol. The van der Waals surface area contributed by atoms with Crippen LogP contribution in [0.1, 0.15) is 0 Å². The molecule has 35 heavy (non-hydrogen) atoms. The van der Waals surface area contributed by atoms with Gasteiger partial charge in [0, 0.05) is 61.1 Å². The minimum atomic E-state index is 0.0781. The van der Waals surface area contributed by atoms with Crippen molar-refractivity contribution in [2.75, 3.05) is 42.7 Å². The van der Waals surface area contributed by atoms with Crippen molar-refractivity contribution in [2.45, 2.75) is 0 Å². The van der Waals surface area contributed by atoms with Gasteiger partial charge in [-0.3, -0.25) is 0 Å². The highest BCUT2D eigenvalue weighted by Gasteiger charge is 2.15. The van der Waals surface area contributed by atoms with E-state index in [2.05, 4.69) is 44.8 Å². The highest BCUT2D eigenvalue weighted by Crippen LogP contribution is 2.23. The van der Waals surface area contributed by atoms with E-state index in [1.165, 1.54) is 12.4 Å². The van der Waals surface area contributed by atoms with Crippen molar-refractivity contribution in [3.8, 4) is 22.5 Å². The molecule has 12 nitrogen and oxygen atoms in total. The van der Waals surface area contributed by atoms with Gasteiger partial charge in [-0.1, -0.05) is 11.6 Å². The molecule has 0 radical (unpaired) electrons. The van der Waals surface area contributed by atoms with Crippen LogP contribution in [0.4, 0.5) is 17.7 Å². The van der Waals surface area contributed by atoms with Crippen LogP contribution in [0.25, 0.3) is 22.5 Å². The molecular formula is C20H18Cl3N11O. The Morgan fingerprint density at radius 2 is 1.17 bits per heavy atom. The zero-order chi connectivity index (χ0) is 24.8. The second kappa shape index (κ2) is 11.3. The zero-order valence-corrected chi connectivity index (χ0v) is 20.3. The van der Waals surface area contributed by atoms with Crippen LogP contribution in [0.15, 0.2) is 36.9 Å². The topological polar surface area (TPSA) is 168 Å². The summed E-state index contributed by atoms with van der Waals surface area (Å²) in [5.74, 6) is 1.20. The van der Waals surface area contributed by atoms with Crippen LogP contribution < -0.4 is 16.4 Å². The van der Waals surface area contributed by atoms with Gasteiger partial charge in [0.25, 0.3) is 0 Å². The average molecular weight is 535 g/mol. The lowest BCUT2D eigenvalue weighted by Gasteiger charge is -2.27. The van der Waals surface area contributed by atoms with Gasteiger partial charge in [-0.05, 0) is 23.2 Å². The van der Waals surface area contributed by atoms with Gasteiger partial charge >= 0.3 is 0 Å². The Labute approximate surface area is 214 Å². The van der Waals surface area contributed by atoms with Gasteiger partial charge in [-0.25, -0.2) is 39.9 Å². The van der Waals surface area contributed by atoms with Crippen molar-refractivity contribution in [3.63, 3.8) is 0 Å². The lowest BCUT2D eigenvalue weighted by Crippen LogP contribution is -2.36. The lowest BCUT2D eigenvalue weighted by molar-refractivity contribution is 0.122. The molecule has 0 atom stereocenters. The molecule has 4 aromatic heterocycles. The number of nitrogens with two attached hydrogens (primary N) is 2. The number of rotatable bonds is 3. The lowest BCUT2D eigenvalue weighted by atomic mass is 10.2. The normalized spacial score (nSPS) is 13.2. The predicted octanol–water partition coefficient (Wildman–Crippen LogP) is 2.83. The molecule has 0 aromatic carbocycles. The number of nitrogens with zero attached hydrogens (tertiary/aromatic N) is 9. The fraction of sp³-hybridized carbons (Fsp3) is 0.200. The second-order valence-corrected chi connectivity index (χ2v) is 8.05. The molecule has 1 fully saturated rings. The molecule has 0 bridgehead atoms. The molecule has 0 aliphatic carbocycles. The third-order valence-corrected chi connectivity index (χ3v) is 5.15. The second-order valence-electron chi connectivity index (χ2n) is 6.98. The summed E-state index contributed by atoms with van der Waals surface area (Å²) >= 11 is 17.4. The van der Waals surface area contributed by atoms with Crippen molar-refractivity contribution in [1.82, 2.24) is 39.9 Å². The van der Waals surface area contributed by atoms with Gasteiger partial charge in [-0.2, -0.15) is 0 Å². The van der Waals surface area contributed by atoms with Crippen LogP contribution in [0.2, 0.25) is 15.7 Å². The Balaban J connectivity index is 0.000000172.